The van der Waals surface area contributed by atoms with Crippen molar-refractivity contribution >= 4 is 23.5 Å². The number of carbonyl (C=O) groups is 3. The lowest BCUT2D eigenvalue weighted by molar-refractivity contribution is -0.143. The number of hydrogen-bond donors (Lipinski definition) is 0. The molecule has 0 N–H and O–H groups in total. The molecule has 1 saturated heterocycles. The summed E-state index contributed by atoms with van der Waals surface area (Å²) in [4.78, 5) is 42.6. The van der Waals surface area contributed by atoms with Crippen molar-refractivity contribution in [1.82, 2.24) is 4.98 Å². The number of pyridine rings is 1. The summed E-state index contributed by atoms with van der Waals surface area (Å²) in [7, 11) is 3.79. The van der Waals surface area contributed by atoms with Gasteiger partial charge in [0.1, 0.15) is 5.69 Å². The third-order valence-electron chi connectivity index (χ3n) is 9.03. The summed E-state index contributed by atoms with van der Waals surface area (Å²) in [5.41, 5.74) is 0.820. The Morgan fingerprint density at radius 3 is 2.28 bits per heavy atom. The fourth-order valence-corrected chi connectivity index (χ4v) is 7.62. The molecule has 2 heterocycles. The molecule has 0 radical (unpaired) electrons. The Hall–Kier alpha value is -2.74. The van der Waals surface area contributed by atoms with Crippen molar-refractivity contribution in [1.29, 1.82) is 0 Å². The second-order valence-electron chi connectivity index (χ2n) is 11.4. The average Bonchev–Trinajstić information content (AvgIpc) is 3.20. The van der Waals surface area contributed by atoms with Crippen molar-refractivity contribution in [2.24, 2.45) is 22.7 Å². The molecule has 0 unspecified atom stereocenters. The molecule has 1 aromatic heterocycles. The maximum absolute atomic E-state index is 13.4. The van der Waals surface area contributed by atoms with E-state index in [2.05, 4.69) is 32.7 Å². The second-order valence-corrected chi connectivity index (χ2v) is 11.4. The van der Waals surface area contributed by atoms with E-state index < -0.39 is 23.5 Å². The number of nitrogens with zero attached hydrogens (tertiary/aromatic N) is 1. The first-order chi connectivity index (χ1) is 16.9. The Morgan fingerprint density at radius 2 is 1.64 bits per heavy atom. The van der Waals surface area contributed by atoms with Crippen LogP contribution in [0.5, 0.6) is 0 Å². The van der Waals surface area contributed by atoms with Crippen LogP contribution < -0.4 is 0 Å². The van der Waals surface area contributed by atoms with Gasteiger partial charge >= 0.3 is 17.9 Å². The van der Waals surface area contributed by atoms with Crippen LogP contribution in [0.25, 0.3) is 5.57 Å². The monoisotopic (exact) mass is 499 g/mol. The van der Waals surface area contributed by atoms with E-state index in [9.17, 15) is 14.4 Å². The van der Waals surface area contributed by atoms with Crippen LogP contribution in [-0.4, -0.2) is 56.4 Å². The van der Waals surface area contributed by atoms with Gasteiger partial charge < -0.3 is 18.9 Å². The summed E-state index contributed by atoms with van der Waals surface area (Å²) in [5, 5.41) is 0. The topological polar surface area (TPSA) is 101 Å². The highest BCUT2D eigenvalue weighted by Crippen LogP contribution is 2.66. The van der Waals surface area contributed by atoms with E-state index in [1.165, 1.54) is 33.8 Å². The lowest BCUT2D eigenvalue weighted by atomic mass is 9.45. The Labute approximate surface area is 212 Å². The third kappa shape index (κ3) is 4.03. The van der Waals surface area contributed by atoms with Crippen LogP contribution in [0.2, 0.25) is 0 Å². The Bertz CT molecular complexity index is 1120. The standard InChI is InChI=1S/C28H37NO7/c1-26(2)12-8-13-27(3)19(26)11-14-28(4)22(27)17(15-36-28)20(24(31)34-6)16-9-10-18(23(30)33-5)29-21(16)25(32)35-7/h9-10,19,22H,8,11-15H2,1-7H3/b20-17-/t19-,22+,27-,28+/m1/s1. The molecule has 0 spiro atoms. The number of hydrogen-bond acceptors (Lipinski definition) is 8. The normalized spacial score (nSPS) is 32.1. The molecule has 1 aromatic rings. The third-order valence-corrected chi connectivity index (χ3v) is 9.03. The molecule has 0 bridgehead atoms. The van der Waals surface area contributed by atoms with E-state index in [-0.39, 0.29) is 45.9 Å². The fraction of sp³-hybridized carbons (Fsp3) is 0.643. The molecule has 0 aromatic carbocycles. The molecule has 4 rings (SSSR count). The number of ether oxygens (including phenoxy) is 4. The Balaban J connectivity index is 1.97. The molecule has 2 aliphatic carbocycles. The van der Waals surface area contributed by atoms with Crippen LogP contribution in [0, 0.1) is 22.7 Å². The number of aromatic nitrogens is 1. The van der Waals surface area contributed by atoms with Crippen LogP contribution >= 0.6 is 0 Å². The quantitative estimate of drug-likeness (QED) is 0.336. The molecule has 8 heteroatoms. The smallest absolute Gasteiger partial charge is 0.357 e. The molecule has 3 fully saturated rings. The highest BCUT2D eigenvalue weighted by Gasteiger charge is 2.62. The van der Waals surface area contributed by atoms with E-state index in [0.717, 1.165) is 31.3 Å². The van der Waals surface area contributed by atoms with Crippen molar-refractivity contribution in [3.8, 4) is 0 Å². The predicted octanol–water partition coefficient (Wildman–Crippen LogP) is 4.61. The van der Waals surface area contributed by atoms with Gasteiger partial charge in [-0.3, -0.25) is 0 Å². The van der Waals surface area contributed by atoms with Gasteiger partial charge in [-0.15, -0.1) is 0 Å². The van der Waals surface area contributed by atoms with Crippen molar-refractivity contribution < 1.29 is 33.3 Å². The minimum Gasteiger partial charge on any atom is -0.465 e. The van der Waals surface area contributed by atoms with E-state index in [1.807, 2.05) is 0 Å². The molecule has 36 heavy (non-hydrogen) atoms. The van der Waals surface area contributed by atoms with E-state index in [4.69, 9.17) is 18.9 Å². The van der Waals surface area contributed by atoms with Crippen LogP contribution in [0.1, 0.15) is 86.3 Å². The minimum absolute atomic E-state index is 0.0387. The van der Waals surface area contributed by atoms with Crippen LogP contribution in [-0.2, 0) is 23.7 Å². The maximum atomic E-state index is 13.4. The zero-order valence-electron chi connectivity index (χ0n) is 22.4. The molecule has 4 atom stereocenters. The first kappa shape index (κ1) is 26.3. The molecule has 0 amide bonds. The van der Waals surface area contributed by atoms with Crippen molar-refractivity contribution in [2.45, 2.75) is 65.4 Å². The fourth-order valence-electron chi connectivity index (χ4n) is 7.62. The van der Waals surface area contributed by atoms with Crippen molar-refractivity contribution in [2.75, 3.05) is 27.9 Å². The average molecular weight is 500 g/mol. The van der Waals surface area contributed by atoms with E-state index in [0.29, 0.717) is 5.92 Å². The van der Waals surface area contributed by atoms with Gasteiger partial charge in [-0.25, -0.2) is 19.4 Å². The Morgan fingerprint density at radius 1 is 0.944 bits per heavy atom. The summed E-state index contributed by atoms with van der Waals surface area (Å²) < 4.78 is 21.5. The lowest BCUT2D eigenvalue weighted by Gasteiger charge is -2.60. The van der Waals surface area contributed by atoms with Crippen LogP contribution in [0.15, 0.2) is 17.7 Å². The number of fused-ring (bicyclic) bond motifs is 3. The van der Waals surface area contributed by atoms with Gasteiger partial charge in [0.2, 0.25) is 0 Å². The maximum Gasteiger partial charge on any atom is 0.357 e. The molecule has 8 nitrogen and oxygen atoms in total. The zero-order valence-corrected chi connectivity index (χ0v) is 22.4. The van der Waals surface area contributed by atoms with Gasteiger partial charge in [0.15, 0.2) is 5.69 Å². The van der Waals surface area contributed by atoms with E-state index >= 15 is 0 Å². The first-order valence-electron chi connectivity index (χ1n) is 12.6. The number of esters is 3. The lowest BCUT2D eigenvalue weighted by Crippen LogP contribution is -2.56. The first-order valence-corrected chi connectivity index (χ1v) is 12.6. The van der Waals surface area contributed by atoms with Gasteiger partial charge in [0.05, 0.1) is 39.1 Å². The SMILES string of the molecule is COC(=O)/C(=C1/CO[C@@]2(C)CC[C@@H]3C(C)(C)CCC[C@@]3(C)[C@H]12)c1ccc(C(=O)OC)nc1C(=O)OC. The minimum atomic E-state index is -0.758. The molecule has 3 aliphatic rings. The number of carbonyl (C=O) groups excluding carboxylic acids is 3. The highest BCUT2D eigenvalue weighted by atomic mass is 16.5. The summed E-state index contributed by atoms with van der Waals surface area (Å²) in [6, 6.07) is 3.00. The van der Waals surface area contributed by atoms with Gasteiger partial charge in [-0.2, -0.15) is 0 Å². The van der Waals surface area contributed by atoms with Gasteiger partial charge in [0.25, 0.3) is 0 Å². The molecule has 196 valence electrons. The summed E-state index contributed by atoms with van der Waals surface area (Å²) in [6.45, 7) is 9.44. The largest absolute Gasteiger partial charge is 0.465 e. The molecule has 1 aliphatic heterocycles. The molecular formula is C28H37NO7. The number of rotatable bonds is 4. The summed E-state index contributed by atoms with van der Waals surface area (Å²) >= 11 is 0. The van der Waals surface area contributed by atoms with Gasteiger partial charge in [-0.05, 0) is 67.1 Å². The summed E-state index contributed by atoms with van der Waals surface area (Å²) in [6.07, 6.45) is 5.27. The highest BCUT2D eigenvalue weighted by molar-refractivity contribution is 6.20. The molecular weight excluding hydrogens is 462 g/mol. The van der Waals surface area contributed by atoms with Crippen LogP contribution in [0.3, 0.4) is 0 Å². The van der Waals surface area contributed by atoms with Gasteiger partial charge in [0, 0.05) is 11.5 Å². The van der Waals surface area contributed by atoms with Crippen LogP contribution in [0.4, 0.5) is 0 Å². The van der Waals surface area contributed by atoms with Crippen molar-refractivity contribution in [3.63, 3.8) is 0 Å². The zero-order chi connectivity index (χ0) is 26.5. The predicted molar refractivity (Wildman–Crippen MR) is 132 cm³/mol. The second kappa shape index (κ2) is 9.29. The molecule has 2 saturated carbocycles. The van der Waals surface area contributed by atoms with E-state index in [1.54, 1.807) is 6.07 Å². The van der Waals surface area contributed by atoms with Gasteiger partial charge in [-0.1, -0.05) is 27.2 Å². The Kier molecular flexibility index (Phi) is 6.79. The number of methoxy groups -OCH3 is 3. The summed E-state index contributed by atoms with van der Waals surface area (Å²) in [5.74, 6) is -1.60. The van der Waals surface area contributed by atoms with Crippen molar-refractivity contribution in [3.05, 3.63) is 34.7 Å².